The van der Waals surface area contributed by atoms with Gasteiger partial charge in [-0.25, -0.2) is 0 Å². The van der Waals surface area contributed by atoms with Crippen LogP contribution in [-0.2, 0) is 4.79 Å². The molecule has 1 fully saturated rings. The highest BCUT2D eigenvalue weighted by Crippen LogP contribution is 2.22. The topological polar surface area (TPSA) is 63.3 Å². The summed E-state index contributed by atoms with van der Waals surface area (Å²) in [5.74, 6) is -0.785. The molecule has 0 spiro atoms. The lowest BCUT2D eigenvalue weighted by molar-refractivity contribution is -0.142. The third kappa shape index (κ3) is 3.08. The molecule has 0 bridgehead atoms. The van der Waals surface area contributed by atoms with Crippen molar-refractivity contribution in [3.8, 4) is 0 Å². The molecule has 1 saturated carbocycles. The molecule has 66 valence electrons. The fraction of sp³-hybridized carbons (Fsp3) is 0.857. The molecule has 0 radical (unpaired) electrons. The van der Waals surface area contributed by atoms with Crippen molar-refractivity contribution in [1.29, 1.82) is 0 Å². The zero-order chi connectivity index (χ0) is 7.56. The first-order valence-corrected chi connectivity index (χ1v) is 3.68. The molecule has 0 aromatic heterocycles. The minimum absolute atomic E-state index is 0. The van der Waals surface area contributed by atoms with E-state index in [2.05, 4.69) is 0 Å². The molecule has 0 saturated heterocycles. The molecular weight excluding hydrogens is 166 g/mol. The number of hydrogen-bond donors (Lipinski definition) is 2. The standard InChI is InChI=1S/C7H13NO2.ClH/c8-6-3-1-5(2-4-6)7(9)10;/h5-6H,1-4,8H2,(H,9,10);1H/t5-,6+;. The Morgan fingerprint density at radius 3 is 2.09 bits per heavy atom. The summed E-state index contributed by atoms with van der Waals surface area (Å²) in [5, 5.41) is 8.58. The molecule has 1 rings (SSSR count). The average Bonchev–Trinajstić information content (AvgIpc) is 1.88. The minimum atomic E-state index is -0.660. The van der Waals surface area contributed by atoms with Crippen molar-refractivity contribution in [2.24, 2.45) is 11.7 Å². The molecule has 0 aromatic carbocycles. The van der Waals surface area contributed by atoms with Gasteiger partial charge in [0.2, 0.25) is 0 Å². The lowest BCUT2D eigenvalue weighted by Crippen LogP contribution is -2.29. The van der Waals surface area contributed by atoms with E-state index in [0.717, 1.165) is 25.7 Å². The van der Waals surface area contributed by atoms with Crippen molar-refractivity contribution in [3.63, 3.8) is 0 Å². The Kier molecular flexibility index (Phi) is 4.45. The van der Waals surface area contributed by atoms with E-state index >= 15 is 0 Å². The summed E-state index contributed by atoms with van der Waals surface area (Å²) in [6.45, 7) is 0. The van der Waals surface area contributed by atoms with E-state index in [1.165, 1.54) is 0 Å². The predicted molar refractivity (Wildman–Crippen MR) is 44.8 cm³/mol. The van der Waals surface area contributed by atoms with Crippen LogP contribution in [0.4, 0.5) is 0 Å². The number of rotatable bonds is 1. The van der Waals surface area contributed by atoms with E-state index in [-0.39, 0.29) is 24.4 Å². The molecular formula is C7H14ClNO2. The maximum Gasteiger partial charge on any atom is 0.306 e. The van der Waals surface area contributed by atoms with Gasteiger partial charge in [-0.05, 0) is 25.7 Å². The Morgan fingerprint density at radius 2 is 1.73 bits per heavy atom. The second-order valence-corrected chi connectivity index (χ2v) is 2.95. The van der Waals surface area contributed by atoms with Crippen molar-refractivity contribution in [2.75, 3.05) is 0 Å². The molecule has 3 N–H and O–H groups in total. The summed E-state index contributed by atoms with van der Waals surface area (Å²) in [6.07, 6.45) is 3.26. The van der Waals surface area contributed by atoms with Gasteiger partial charge >= 0.3 is 5.97 Å². The van der Waals surface area contributed by atoms with Crippen molar-refractivity contribution < 1.29 is 9.90 Å². The number of nitrogens with two attached hydrogens (primary N) is 1. The number of carboxylic acids is 1. The first-order valence-electron chi connectivity index (χ1n) is 3.68. The Bertz CT molecular complexity index is 132. The first-order chi connectivity index (χ1) is 4.70. The Hall–Kier alpha value is -0.280. The molecule has 0 amide bonds. The number of carbonyl (C=O) groups is 1. The summed E-state index contributed by atoms with van der Waals surface area (Å²) < 4.78 is 0. The molecule has 0 unspecified atom stereocenters. The predicted octanol–water partition coefficient (Wildman–Crippen LogP) is 1.01. The van der Waals surface area contributed by atoms with Crippen LogP contribution in [0, 0.1) is 5.92 Å². The quantitative estimate of drug-likeness (QED) is 0.632. The molecule has 3 nitrogen and oxygen atoms in total. The summed E-state index contributed by atoms with van der Waals surface area (Å²) in [7, 11) is 0. The van der Waals surface area contributed by atoms with E-state index in [0.29, 0.717) is 0 Å². The van der Waals surface area contributed by atoms with Gasteiger partial charge in [-0.3, -0.25) is 4.79 Å². The van der Waals surface area contributed by atoms with Crippen LogP contribution in [0.3, 0.4) is 0 Å². The number of halogens is 1. The van der Waals surface area contributed by atoms with Crippen LogP contribution in [0.15, 0.2) is 0 Å². The zero-order valence-electron chi connectivity index (χ0n) is 6.32. The fourth-order valence-electron chi connectivity index (χ4n) is 1.37. The lowest BCUT2D eigenvalue weighted by Gasteiger charge is -2.22. The minimum Gasteiger partial charge on any atom is -0.481 e. The molecule has 0 aliphatic heterocycles. The van der Waals surface area contributed by atoms with Crippen molar-refractivity contribution in [2.45, 2.75) is 31.7 Å². The monoisotopic (exact) mass is 179 g/mol. The molecule has 0 aromatic rings. The maximum atomic E-state index is 10.4. The van der Waals surface area contributed by atoms with Gasteiger partial charge in [-0.2, -0.15) is 0 Å². The van der Waals surface area contributed by atoms with E-state index in [9.17, 15) is 4.79 Å². The van der Waals surface area contributed by atoms with Gasteiger partial charge in [0, 0.05) is 6.04 Å². The molecule has 4 heteroatoms. The normalized spacial score (nSPS) is 30.6. The number of aliphatic carboxylic acids is 1. The van der Waals surface area contributed by atoms with Crippen LogP contribution >= 0.6 is 12.4 Å². The lowest BCUT2D eigenvalue weighted by atomic mass is 9.87. The Balaban J connectivity index is 0.000001000. The van der Waals surface area contributed by atoms with Gasteiger partial charge in [0.25, 0.3) is 0 Å². The summed E-state index contributed by atoms with van der Waals surface area (Å²) >= 11 is 0. The molecule has 1 aliphatic rings. The highest BCUT2D eigenvalue weighted by molar-refractivity contribution is 5.85. The van der Waals surface area contributed by atoms with Gasteiger partial charge in [0.15, 0.2) is 0 Å². The van der Waals surface area contributed by atoms with Gasteiger partial charge < -0.3 is 10.8 Å². The SMILES string of the molecule is Cl.N[C@H]1CC[C@@H](C(=O)O)CC1. The van der Waals surface area contributed by atoms with Gasteiger partial charge in [-0.15, -0.1) is 12.4 Å². The second kappa shape index (κ2) is 4.57. The third-order valence-corrected chi connectivity index (χ3v) is 2.12. The average molecular weight is 180 g/mol. The highest BCUT2D eigenvalue weighted by Gasteiger charge is 2.23. The van der Waals surface area contributed by atoms with Crippen molar-refractivity contribution in [1.82, 2.24) is 0 Å². The van der Waals surface area contributed by atoms with Crippen LogP contribution in [0.2, 0.25) is 0 Å². The summed E-state index contributed by atoms with van der Waals surface area (Å²) in [5.41, 5.74) is 5.60. The van der Waals surface area contributed by atoms with Gasteiger partial charge in [0.1, 0.15) is 0 Å². The van der Waals surface area contributed by atoms with Gasteiger partial charge in [0.05, 0.1) is 5.92 Å². The zero-order valence-corrected chi connectivity index (χ0v) is 7.14. The first kappa shape index (κ1) is 10.7. The maximum absolute atomic E-state index is 10.4. The van der Waals surface area contributed by atoms with E-state index in [4.69, 9.17) is 10.8 Å². The van der Waals surface area contributed by atoms with Crippen molar-refractivity contribution in [3.05, 3.63) is 0 Å². The molecule has 0 heterocycles. The fourth-order valence-corrected chi connectivity index (χ4v) is 1.37. The van der Waals surface area contributed by atoms with E-state index in [1.54, 1.807) is 0 Å². The third-order valence-electron chi connectivity index (χ3n) is 2.12. The summed E-state index contributed by atoms with van der Waals surface area (Å²) in [4.78, 5) is 10.4. The van der Waals surface area contributed by atoms with Crippen molar-refractivity contribution >= 4 is 18.4 Å². The summed E-state index contributed by atoms with van der Waals surface area (Å²) in [6, 6.07) is 0.246. The van der Waals surface area contributed by atoms with Crippen LogP contribution in [0.1, 0.15) is 25.7 Å². The number of hydrogen-bond acceptors (Lipinski definition) is 2. The Labute approximate surface area is 72.4 Å². The molecule has 0 atom stereocenters. The van der Waals surface area contributed by atoms with Crippen LogP contribution in [0.5, 0.6) is 0 Å². The largest absolute Gasteiger partial charge is 0.481 e. The smallest absolute Gasteiger partial charge is 0.306 e. The van der Waals surface area contributed by atoms with E-state index < -0.39 is 5.97 Å². The van der Waals surface area contributed by atoms with E-state index in [1.807, 2.05) is 0 Å². The molecule has 1 aliphatic carbocycles. The molecule has 11 heavy (non-hydrogen) atoms. The van der Waals surface area contributed by atoms with Crippen LogP contribution in [0.25, 0.3) is 0 Å². The van der Waals surface area contributed by atoms with Crippen LogP contribution in [-0.4, -0.2) is 17.1 Å². The van der Waals surface area contributed by atoms with Gasteiger partial charge in [-0.1, -0.05) is 0 Å². The number of carboxylic acid groups (broad SMARTS) is 1. The highest BCUT2D eigenvalue weighted by atomic mass is 35.5. The van der Waals surface area contributed by atoms with Crippen LogP contribution < -0.4 is 5.73 Å². The second-order valence-electron chi connectivity index (χ2n) is 2.95. The Morgan fingerprint density at radius 1 is 1.27 bits per heavy atom.